The number of ether oxygens (including phenoxy) is 1. The van der Waals surface area contributed by atoms with Crippen molar-refractivity contribution in [3.63, 3.8) is 0 Å². The summed E-state index contributed by atoms with van der Waals surface area (Å²) in [5, 5.41) is 2.99. The number of amides is 1. The topological polar surface area (TPSA) is 90.1 Å². The van der Waals surface area contributed by atoms with Crippen LogP contribution in [0.5, 0.6) is 5.75 Å². The van der Waals surface area contributed by atoms with Crippen molar-refractivity contribution in [2.24, 2.45) is 5.73 Å². The van der Waals surface area contributed by atoms with E-state index in [0.29, 0.717) is 22.9 Å². The number of primary amides is 1. The van der Waals surface area contributed by atoms with Crippen LogP contribution in [0.15, 0.2) is 36.7 Å². The molecule has 0 aliphatic heterocycles. The molecule has 92 valence electrons. The summed E-state index contributed by atoms with van der Waals surface area (Å²) >= 11 is 0. The lowest BCUT2D eigenvalue weighted by atomic mass is 10.3. The normalized spacial score (nSPS) is 9.83. The van der Waals surface area contributed by atoms with E-state index in [1.54, 1.807) is 37.6 Å². The lowest BCUT2D eigenvalue weighted by Crippen LogP contribution is -2.11. The Morgan fingerprint density at radius 1 is 1.17 bits per heavy atom. The van der Waals surface area contributed by atoms with Crippen molar-refractivity contribution < 1.29 is 9.53 Å². The smallest absolute Gasteiger partial charge is 0.250 e. The predicted octanol–water partition coefficient (Wildman–Crippen LogP) is 1.33. The fourth-order valence-electron chi connectivity index (χ4n) is 1.32. The minimum absolute atomic E-state index is 0.364. The number of hydrogen-bond acceptors (Lipinski definition) is 5. The average molecular weight is 244 g/mol. The number of carbonyl (C=O) groups excluding carboxylic acids is 1. The molecular weight excluding hydrogens is 232 g/mol. The molecule has 0 aliphatic carbocycles. The van der Waals surface area contributed by atoms with Gasteiger partial charge in [0.05, 0.1) is 18.9 Å². The van der Waals surface area contributed by atoms with E-state index < -0.39 is 5.91 Å². The second kappa shape index (κ2) is 5.13. The Hall–Kier alpha value is -2.63. The molecule has 0 bridgehead atoms. The SMILES string of the molecule is COc1ccc(Nc2ccc(C(N)=O)cn2)nc1. The molecule has 0 spiro atoms. The van der Waals surface area contributed by atoms with Gasteiger partial charge in [-0.25, -0.2) is 9.97 Å². The van der Waals surface area contributed by atoms with Gasteiger partial charge in [-0.3, -0.25) is 4.79 Å². The summed E-state index contributed by atoms with van der Waals surface area (Å²) in [6.45, 7) is 0. The molecule has 0 unspecified atom stereocenters. The van der Waals surface area contributed by atoms with E-state index in [1.807, 2.05) is 0 Å². The van der Waals surface area contributed by atoms with Crippen LogP contribution in [0.1, 0.15) is 10.4 Å². The van der Waals surface area contributed by atoms with E-state index >= 15 is 0 Å². The Balaban J connectivity index is 2.10. The van der Waals surface area contributed by atoms with Gasteiger partial charge >= 0.3 is 0 Å². The van der Waals surface area contributed by atoms with Crippen molar-refractivity contribution in [1.82, 2.24) is 9.97 Å². The van der Waals surface area contributed by atoms with Gasteiger partial charge in [0.1, 0.15) is 17.4 Å². The lowest BCUT2D eigenvalue weighted by Gasteiger charge is -2.05. The van der Waals surface area contributed by atoms with Crippen molar-refractivity contribution in [2.75, 3.05) is 12.4 Å². The lowest BCUT2D eigenvalue weighted by molar-refractivity contribution is 0.1000. The van der Waals surface area contributed by atoms with E-state index in [4.69, 9.17) is 10.5 Å². The van der Waals surface area contributed by atoms with Crippen LogP contribution in [-0.4, -0.2) is 23.0 Å². The molecule has 1 amide bonds. The predicted molar refractivity (Wildman–Crippen MR) is 66.8 cm³/mol. The highest BCUT2D eigenvalue weighted by atomic mass is 16.5. The van der Waals surface area contributed by atoms with Gasteiger partial charge < -0.3 is 15.8 Å². The number of nitrogens with zero attached hydrogens (tertiary/aromatic N) is 2. The first-order valence-corrected chi connectivity index (χ1v) is 5.22. The van der Waals surface area contributed by atoms with Crippen LogP contribution in [0.4, 0.5) is 11.6 Å². The Morgan fingerprint density at radius 3 is 2.28 bits per heavy atom. The van der Waals surface area contributed by atoms with E-state index in [-0.39, 0.29) is 0 Å². The molecule has 0 atom stereocenters. The van der Waals surface area contributed by atoms with E-state index in [0.717, 1.165) is 0 Å². The van der Waals surface area contributed by atoms with Crippen LogP contribution >= 0.6 is 0 Å². The van der Waals surface area contributed by atoms with Gasteiger partial charge in [0.2, 0.25) is 5.91 Å². The van der Waals surface area contributed by atoms with Crippen molar-refractivity contribution in [1.29, 1.82) is 0 Å². The molecule has 0 aromatic carbocycles. The maximum atomic E-state index is 10.9. The number of rotatable bonds is 4. The monoisotopic (exact) mass is 244 g/mol. The zero-order valence-electron chi connectivity index (χ0n) is 9.75. The highest BCUT2D eigenvalue weighted by molar-refractivity contribution is 5.92. The van der Waals surface area contributed by atoms with Gasteiger partial charge in [0.25, 0.3) is 0 Å². The highest BCUT2D eigenvalue weighted by Crippen LogP contribution is 2.15. The Kier molecular flexibility index (Phi) is 3.38. The molecule has 0 saturated carbocycles. The van der Waals surface area contributed by atoms with E-state index in [1.165, 1.54) is 6.20 Å². The maximum absolute atomic E-state index is 10.9. The summed E-state index contributed by atoms with van der Waals surface area (Å²) in [6.07, 6.45) is 3.01. The maximum Gasteiger partial charge on any atom is 0.250 e. The molecule has 2 aromatic rings. The van der Waals surface area contributed by atoms with Crippen LogP contribution in [0, 0.1) is 0 Å². The molecule has 0 aliphatic rings. The highest BCUT2D eigenvalue weighted by Gasteiger charge is 2.02. The van der Waals surface area contributed by atoms with Gasteiger partial charge in [-0.05, 0) is 24.3 Å². The van der Waals surface area contributed by atoms with Gasteiger partial charge in [0.15, 0.2) is 0 Å². The number of anilines is 2. The molecule has 0 fully saturated rings. The first-order valence-electron chi connectivity index (χ1n) is 5.22. The van der Waals surface area contributed by atoms with E-state index in [2.05, 4.69) is 15.3 Å². The van der Waals surface area contributed by atoms with Gasteiger partial charge in [-0.1, -0.05) is 0 Å². The van der Waals surface area contributed by atoms with Crippen LogP contribution in [-0.2, 0) is 0 Å². The molecular formula is C12H12N4O2. The fourth-order valence-corrected chi connectivity index (χ4v) is 1.32. The quantitative estimate of drug-likeness (QED) is 0.846. The standard InChI is InChI=1S/C12H12N4O2/c1-18-9-3-5-11(15-7-9)16-10-4-2-8(6-14-10)12(13)17/h2-7H,1H3,(H2,13,17)(H,14,15,16). The molecule has 18 heavy (non-hydrogen) atoms. The number of nitrogens with one attached hydrogen (secondary N) is 1. The number of methoxy groups -OCH3 is 1. The van der Waals surface area contributed by atoms with Crippen LogP contribution in [0.2, 0.25) is 0 Å². The van der Waals surface area contributed by atoms with Crippen molar-refractivity contribution in [3.05, 3.63) is 42.2 Å². The number of carbonyl (C=O) groups is 1. The molecule has 2 heterocycles. The zero-order valence-corrected chi connectivity index (χ0v) is 9.75. The Morgan fingerprint density at radius 2 is 1.83 bits per heavy atom. The average Bonchev–Trinajstić information content (AvgIpc) is 2.40. The fraction of sp³-hybridized carbons (Fsp3) is 0.0833. The molecule has 6 heteroatoms. The Labute approximate surface area is 104 Å². The number of pyridine rings is 2. The van der Waals surface area contributed by atoms with Crippen molar-refractivity contribution in [3.8, 4) is 5.75 Å². The third-order valence-electron chi connectivity index (χ3n) is 2.28. The third kappa shape index (κ3) is 2.73. The largest absolute Gasteiger partial charge is 0.495 e. The van der Waals surface area contributed by atoms with Crippen LogP contribution in [0.3, 0.4) is 0 Å². The minimum atomic E-state index is -0.503. The summed E-state index contributed by atoms with van der Waals surface area (Å²) in [6, 6.07) is 6.81. The summed E-state index contributed by atoms with van der Waals surface area (Å²) in [7, 11) is 1.58. The number of hydrogen-bond donors (Lipinski definition) is 2. The molecule has 3 N–H and O–H groups in total. The van der Waals surface area contributed by atoms with Crippen LogP contribution in [0.25, 0.3) is 0 Å². The van der Waals surface area contributed by atoms with E-state index in [9.17, 15) is 4.79 Å². The molecule has 2 aromatic heterocycles. The summed E-state index contributed by atoms with van der Waals surface area (Å²) in [5.41, 5.74) is 5.49. The summed E-state index contributed by atoms with van der Waals surface area (Å²) < 4.78 is 5.00. The summed E-state index contributed by atoms with van der Waals surface area (Å²) in [5.74, 6) is 1.39. The summed E-state index contributed by atoms with van der Waals surface area (Å²) in [4.78, 5) is 19.1. The molecule has 6 nitrogen and oxygen atoms in total. The minimum Gasteiger partial charge on any atom is -0.495 e. The van der Waals surface area contributed by atoms with Gasteiger partial charge in [0, 0.05) is 6.20 Å². The Bertz CT molecular complexity index is 537. The van der Waals surface area contributed by atoms with Crippen molar-refractivity contribution >= 4 is 17.5 Å². The first-order chi connectivity index (χ1) is 8.69. The number of nitrogens with two attached hydrogens (primary N) is 1. The third-order valence-corrected chi connectivity index (χ3v) is 2.28. The first kappa shape index (κ1) is 11.8. The second-order valence-corrected chi connectivity index (χ2v) is 3.50. The van der Waals surface area contributed by atoms with Crippen molar-refractivity contribution in [2.45, 2.75) is 0 Å². The molecule has 2 rings (SSSR count). The molecule has 0 radical (unpaired) electrons. The number of aromatic nitrogens is 2. The van der Waals surface area contributed by atoms with Gasteiger partial charge in [-0.15, -0.1) is 0 Å². The molecule has 0 saturated heterocycles. The van der Waals surface area contributed by atoms with Crippen LogP contribution < -0.4 is 15.8 Å². The zero-order chi connectivity index (χ0) is 13.0. The van der Waals surface area contributed by atoms with Gasteiger partial charge in [-0.2, -0.15) is 0 Å². The second-order valence-electron chi connectivity index (χ2n) is 3.50.